The average Bonchev–Trinajstić information content (AvgIpc) is 3.81. The van der Waals surface area contributed by atoms with E-state index in [0.29, 0.717) is 0 Å². The molecule has 0 spiro atoms. The Morgan fingerprint density at radius 2 is 0.723 bits per heavy atom. The number of thiophene rings is 2. The lowest BCUT2D eigenvalue weighted by Crippen LogP contribution is -2.29. The largest absolute Gasteiger partial charge is 0.143 e. The molecule has 0 radical (unpaired) electrons. The number of aryl methyl sites for hydroxylation is 4. The molecule has 0 fully saturated rings. The van der Waals surface area contributed by atoms with E-state index in [0.717, 1.165) is 0 Å². The highest BCUT2D eigenvalue weighted by Crippen LogP contribution is 2.60. The summed E-state index contributed by atoms with van der Waals surface area (Å²) in [6.07, 6.45) is 25.8. The van der Waals surface area contributed by atoms with Crippen LogP contribution >= 0.6 is 22.7 Å². The van der Waals surface area contributed by atoms with Crippen molar-refractivity contribution in [1.29, 1.82) is 0 Å². The summed E-state index contributed by atoms with van der Waals surface area (Å²) in [6, 6.07) is 20.7. The van der Waals surface area contributed by atoms with Crippen LogP contribution in [0.25, 0.3) is 9.75 Å². The van der Waals surface area contributed by atoms with Gasteiger partial charge in [0.05, 0.1) is 5.41 Å². The summed E-state index contributed by atoms with van der Waals surface area (Å²) in [4.78, 5) is 3.01. The lowest BCUT2D eigenvalue weighted by atomic mass is 9.67. The minimum absolute atomic E-state index is 0.236. The second kappa shape index (κ2) is 18.6. The van der Waals surface area contributed by atoms with Crippen LogP contribution in [0.3, 0.4) is 0 Å². The maximum absolute atomic E-state index is 2.64. The molecule has 0 saturated heterocycles. The summed E-state index contributed by atoms with van der Waals surface area (Å²) in [5, 5.41) is 4.73. The molecule has 0 bridgehead atoms. The molecule has 1 aliphatic rings. The van der Waals surface area contributed by atoms with Crippen LogP contribution in [0, 0.1) is 0 Å². The average molecular weight is 667 g/mol. The minimum Gasteiger partial charge on any atom is -0.143 e. The number of rotatable bonds is 22. The highest BCUT2D eigenvalue weighted by atomic mass is 32.1. The van der Waals surface area contributed by atoms with E-state index in [1.807, 2.05) is 22.7 Å². The summed E-state index contributed by atoms with van der Waals surface area (Å²) in [5.74, 6) is 0. The van der Waals surface area contributed by atoms with Crippen LogP contribution in [0.15, 0.2) is 59.3 Å². The Labute approximate surface area is 296 Å². The molecule has 0 unspecified atom stereocenters. The Morgan fingerprint density at radius 3 is 1.02 bits per heavy atom. The Hall–Kier alpha value is -2.16. The van der Waals surface area contributed by atoms with Crippen LogP contribution < -0.4 is 0 Å². The normalized spacial score (nSPS) is 13.3. The van der Waals surface area contributed by atoms with Crippen LogP contribution in [0.2, 0.25) is 0 Å². The number of hydrogen-bond donors (Lipinski definition) is 0. The summed E-state index contributed by atoms with van der Waals surface area (Å²) < 4.78 is 0. The molecule has 0 amide bonds. The maximum Gasteiger partial charge on any atom is 0.0730 e. The zero-order chi connectivity index (χ0) is 32.9. The molecule has 47 heavy (non-hydrogen) atoms. The van der Waals surface area contributed by atoms with E-state index in [1.165, 1.54) is 160 Å². The first kappa shape index (κ1) is 36.1. The fourth-order valence-electron chi connectivity index (χ4n) is 8.05. The monoisotopic (exact) mass is 666 g/mol. The molecule has 1 aliphatic carbocycles. The first-order chi connectivity index (χ1) is 23.1. The minimum atomic E-state index is -0.236. The van der Waals surface area contributed by atoms with Gasteiger partial charge in [-0.3, -0.25) is 0 Å². The van der Waals surface area contributed by atoms with Gasteiger partial charge in [-0.05, 0) is 119 Å². The molecule has 2 heteroatoms. The summed E-state index contributed by atoms with van der Waals surface area (Å²) >= 11 is 3.91. The highest BCUT2D eigenvalue weighted by molar-refractivity contribution is 7.21. The molecule has 0 aliphatic heterocycles. The Morgan fingerprint density at radius 1 is 0.404 bits per heavy atom. The van der Waals surface area contributed by atoms with Crippen molar-refractivity contribution in [3.63, 3.8) is 0 Å². The zero-order valence-corrected chi connectivity index (χ0v) is 31.9. The second-order valence-corrected chi connectivity index (χ2v) is 16.2. The van der Waals surface area contributed by atoms with Gasteiger partial charge in [0.15, 0.2) is 0 Å². The fourth-order valence-corrected chi connectivity index (χ4v) is 10.2. The van der Waals surface area contributed by atoms with Crippen LogP contribution in [-0.2, 0) is 31.1 Å². The second-order valence-electron chi connectivity index (χ2n) is 14.4. The third-order valence-electron chi connectivity index (χ3n) is 10.6. The Bertz CT molecular complexity index is 1330. The fraction of sp³-hybridized carbons (Fsp3) is 0.556. The molecule has 0 nitrogen and oxygen atoms in total. The van der Waals surface area contributed by atoms with Crippen LogP contribution in [0.4, 0.5) is 0 Å². The molecule has 2 heterocycles. The standard InChI is InChI=1S/C45H62S2/c1-5-9-13-17-21-35-29-36(22-18-14-10-6-2)32-39(31-35)45(41-25-27-46-43(41)44-42(45)26-28-47-44)40-33-37(23-19-15-11-7-3)30-38(34-40)24-20-16-12-8-4/h25-34H,5-24H2,1-4H3. The van der Waals surface area contributed by atoms with E-state index >= 15 is 0 Å². The Kier molecular flexibility index (Phi) is 14.3. The third-order valence-corrected chi connectivity index (χ3v) is 12.6. The van der Waals surface area contributed by atoms with Crippen molar-refractivity contribution >= 4 is 22.7 Å². The van der Waals surface area contributed by atoms with Gasteiger partial charge < -0.3 is 0 Å². The molecule has 0 atom stereocenters. The van der Waals surface area contributed by atoms with Crippen molar-refractivity contribution in [2.24, 2.45) is 0 Å². The number of hydrogen-bond acceptors (Lipinski definition) is 2. The van der Waals surface area contributed by atoms with Crippen molar-refractivity contribution in [3.05, 3.63) is 104 Å². The van der Waals surface area contributed by atoms with Gasteiger partial charge in [-0.15, -0.1) is 22.7 Å². The predicted octanol–water partition coefficient (Wildman–Crippen LogP) is 14.7. The van der Waals surface area contributed by atoms with E-state index < -0.39 is 0 Å². The number of fused-ring (bicyclic) bond motifs is 3. The van der Waals surface area contributed by atoms with Crippen molar-refractivity contribution in [1.82, 2.24) is 0 Å². The molecular weight excluding hydrogens is 605 g/mol. The molecule has 254 valence electrons. The van der Waals surface area contributed by atoms with Crippen LogP contribution in [0.5, 0.6) is 0 Å². The van der Waals surface area contributed by atoms with E-state index in [9.17, 15) is 0 Å². The van der Waals surface area contributed by atoms with Crippen LogP contribution in [0.1, 0.15) is 175 Å². The Balaban J connectivity index is 1.66. The number of unbranched alkanes of at least 4 members (excludes halogenated alkanes) is 12. The molecule has 0 N–H and O–H groups in total. The zero-order valence-electron chi connectivity index (χ0n) is 30.2. The summed E-state index contributed by atoms with van der Waals surface area (Å²) in [5.41, 5.74) is 12.1. The SMILES string of the molecule is CCCCCCc1cc(CCCCCC)cc(C2(c3cc(CCCCCC)cc(CCCCCC)c3)c3ccsc3-c3sccc32)c1. The van der Waals surface area contributed by atoms with Crippen molar-refractivity contribution in [2.75, 3.05) is 0 Å². The smallest absolute Gasteiger partial charge is 0.0730 e. The molecule has 2 aromatic carbocycles. The first-order valence-electron chi connectivity index (χ1n) is 19.6. The van der Waals surface area contributed by atoms with E-state index in [1.54, 1.807) is 22.3 Å². The number of benzene rings is 2. The van der Waals surface area contributed by atoms with Crippen molar-refractivity contribution < 1.29 is 0 Å². The summed E-state index contributed by atoms with van der Waals surface area (Å²) in [6.45, 7) is 9.30. The van der Waals surface area contributed by atoms with Gasteiger partial charge in [0, 0.05) is 9.75 Å². The van der Waals surface area contributed by atoms with Crippen molar-refractivity contribution in [2.45, 2.75) is 162 Å². The highest BCUT2D eigenvalue weighted by Gasteiger charge is 2.48. The summed E-state index contributed by atoms with van der Waals surface area (Å²) in [7, 11) is 0. The topological polar surface area (TPSA) is 0 Å². The van der Waals surface area contributed by atoms with E-state index in [2.05, 4.69) is 87.0 Å². The van der Waals surface area contributed by atoms with E-state index in [4.69, 9.17) is 0 Å². The van der Waals surface area contributed by atoms with Gasteiger partial charge >= 0.3 is 0 Å². The van der Waals surface area contributed by atoms with E-state index in [-0.39, 0.29) is 5.41 Å². The molecular formula is C45H62S2. The van der Waals surface area contributed by atoms with Gasteiger partial charge in [-0.1, -0.05) is 141 Å². The van der Waals surface area contributed by atoms with Gasteiger partial charge in [-0.2, -0.15) is 0 Å². The maximum atomic E-state index is 2.64. The molecule has 5 rings (SSSR count). The van der Waals surface area contributed by atoms with Gasteiger partial charge in [-0.25, -0.2) is 0 Å². The van der Waals surface area contributed by atoms with Gasteiger partial charge in [0.25, 0.3) is 0 Å². The lowest BCUT2D eigenvalue weighted by Gasteiger charge is -2.34. The lowest BCUT2D eigenvalue weighted by molar-refractivity contribution is 0.656. The van der Waals surface area contributed by atoms with Crippen molar-refractivity contribution in [3.8, 4) is 9.75 Å². The van der Waals surface area contributed by atoms with Gasteiger partial charge in [0.1, 0.15) is 0 Å². The third kappa shape index (κ3) is 8.72. The molecule has 4 aromatic rings. The van der Waals surface area contributed by atoms with Gasteiger partial charge in [0.2, 0.25) is 0 Å². The predicted molar refractivity (Wildman–Crippen MR) is 211 cm³/mol. The van der Waals surface area contributed by atoms with Crippen LogP contribution in [-0.4, -0.2) is 0 Å². The quantitative estimate of drug-likeness (QED) is 0.0645. The molecule has 2 aromatic heterocycles. The molecule has 0 saturated carbocycles. The first-order valence-corrected chi connectivity index (χ1v) is 21.3.